The molecule has 0 bridgehead atoms. The van der Waals surface area contributed by atoms with E-state index in [4.69, 9.17) is 0 Å². The van der Waals surface area contributed by atoms with Gasteiger partial charge in [0.25, 0.3) is 0 Å². The van der Waals surface area contributed by atoms with Crippen LogP contribution < -0.4 is 0 Å². The van der Waals surface area contributed by atoms with Crippen molar-refractivity contribution in [3.63, 3.8) is 0 Å². The van der Waals surface area contributed by atoms with E-state index >= 15 is 0 Å². The van der Waals surface area contributed by atoms with E-state index in [-0.39, 0.29) is 0 Å². The molecular formula is C31H64N2. The van der Waals surface area contributed by atoms with Crippen LogP contribution in [-0.4, -0.2) is 49.1 Å². The quantitative estimate of drug-likeness (QED) is 0.124. The second kappa shape index (κ2) is 25.0. The molecule has 0 spiro atoms. The molecule has 1 saturated heterocycles. The van der Waals surface area contributed by atoms with Crippen molar-refractivity contribution in [1.29, 1.82) is 0 Å². The van der Waals surface area contributed by atoms with Crippen LogP contribution in [0.1, 0.15) is 162 Å². The monoisotopic (exact) mass is 465 g/mol. The zero-order valence-corrected chi connectivity index (χ0v) is 23.4. The van der Waals surface area contributed by atoms with Gasteiger partial charge in [-0.3, -0.25) is 0 Å². The first-order valence-electron chi connectivity index (χ1n) is 15.8. The first kappa shape index (κ1) is 31.0. The third-order valence-corrected chi connectivity index (χ3v) is 7.84. The Bertz CT molecular complexity index is 340. The van der Waals surface area contributed by atoms with Crippen LogP contribution in [0.3, 0.4) is 0 Å². The minimum absolute atomic E-state index is 1.31. The van der Waals surface area contributed by atoms with Gasteiger partial charge in [-0.15, -0.1) is 0 Å². The summed E-state index contributed by atoms with van der Waals surface area (Å²) < 4.78 is 0. The number of unbranched alkanes of at least 4 members (excludes halogenated alkanes) is 18. The fourth-order valence-corrected chi connectivity index (χ4v) is 5.45. The van der Waals surface area contributed by atoms with E-state index in [1.54, 1.807) is 0 Å². The minimum atomic E-state index is 1.31. The van der Waals surface area contributed by atoms with Crippen LogP contribution in [0.5, 0.6) is 0 Å². The summed E-state index contributed by atoms with van der Waals surface area (Å²) in [4.78, 5) is 5.55. The van der Waals surface area contributed by atoms with Crippen molar-refractivity contribution in [2.45, 2.75) is 162 Å². The van der Waals surface area contributed by atoms with Crippen LogP contribution in [0, 0.1) is 0 Å². The summed E-state index contributed by atoms with van der Waals surface area (Å²) in [6, 6.07) is 0. The molecule has 33 heavy (non-hydrogen) atoms. The molecule has 2 nitrogen and oxygen atoms in total. The molecule has 1 rings (SSSR count). The highest BCUT2D eigenvalue weighted by Gasteiger charge is 2.12. The lowest BCUT2D eigenvalue weighted by Crippen LogP contribution is -2.38. The lowest BCUT2D eigenvalue weighted by molar-refractivity contribution is 0.178. The van der Waals surface area contributed by atoms with Crippen LogP contribution in [-0.2, 0) is 0 Å². The van der Waals surface area contributed by atoms with Gasteiger partial charge >= 0.3 is 0 Å². The van der Waals surface area contributed by atoms with Gasteiger partial charge in [0.2, 0.25) is 0 Å². The Morgan fingerprint density at radius 2 is 0.788 bits per heavy atom. The molecule has 1 aliphatic rings. The highest BCUT2D eigenvalue weighted by Crippen LogP contribution is 2.14. The largest absolute Gasteiger partial charge is 0.302 e. The zero-order valence-electron chi connectivity index (χ0n) is 23.4. The van der Waals surface area contributed by atoms with E-state index in [0.29, 0.717) is 0 Å². The predicted octanol–water partition coefficient (Wildman–Crippen LogP) is 9.62. The molecule has 0 unspecified atom stereocenters. The predicted molar refractivity (Wildman–Crippen MR) is 150 cm³/mol. The van der Waals surface area contributed by atoms with Gasteiger partial charge in [-0.1, -0.05) is 136 Å². The van der Waals surface area contributed by atoms with Crippen molar-refractivity contribution >= 4 is 0 Å². The summed E-state index contributed by atoms with van der Waals surface area (Å²) in [7, 11) is 0. The third-order valence-electron chi connectivity index (χ3n) is 7.84. The van der Waals surface area contributed by atoms with Crippen molar-refractivity contribution < 1.29 is 0 Å². The number of piperidine rings is 1. The average molecular weight is 465 g/mol. The maximum atomic E-state index is 2.82. The standard InChI is InChI=1S/C31H64N2/c1-3-5-7-9-11-13-15-17-19-22-26-32(30-31-33-28-24-21-25-29-33)27-23-20-18-16-14-12-10-8-6-4-2/h3-31H2,1-2H3. The lowest BCUT2D eigenvalue weighted by atomic mass is 10.1. The molecule has 0 radical (unpaired) electrons. The number of hydrogen-bond donors (Lipinski definition) is 0. The molecule has 1 heterocycles. The summed E-state index contributed by atoms with van der Waals surface area (Å²) in [5, 5.41) is 0. The van der Waals surface area contributed by atoms with Crippen molar-refractivity contribution in [3.8, 4) is 0 Å². The smallest absolute Gasteiger partial charge is 0.0109 e. The maximum absolute atomic E-state index is 2.82. The van der Waals surface area contributed by atoms with Gasteiger partial charge in [-0.05, 0) is 51.9 Å². The van der Waals surface area contributed by atoms with Crippen molar-refractivity contribution in [2.75, 3.05) is 39.3 Å². The van der Waals surface area contributed by atoms with Crippen molar-refractivity contribution in [1.82, 2.24) is 9.80 Å². The lowest BCUT2D eigenvalue weighted by Gasteiger charge is -2.30. The topological polar surface area (TPSA) is 6.48 Å². The SMILES string of the molecule is CCCCCCCCCCCCN(CCCCCCCCCCCC)CCN1CCCCC1. The molecule has 0 amide bonds. The second-order valence-corrected chi connectivity index (χ2v) is 11.1. The second-order valence-electron chi connectivity index (χ2n) is 11.1. The van der Waals surface area contributed by atoms with Crippen molar-refractivity contribution in [2.24, 2.45) is 0 Å². The summed E-state index contributed by atoms with van der Waals surface area (Å²) in [5.41, 5.74) is 0. The van der Waals surface area contributed by atoms with E-state index in [9.17, 15) is 0 Å². The van der Waals surface area contributed by atoms with Gasteiger partial charge in [0.1, 0.15) is 0 Å². The summed E-state index contributed by atoms with van der Waals surface area (Å²) in [6.45, 7) is 12.7. The Hall–Kier alpha value is -0.0800. The Kier molecular flexibility index (Phi) is 23.5. The first-order valence-corrected chi connectivity index (χ1v) is 15.8. The Labute approximate surface area is 210 Å². The highest BCUT2D eigenvalue weighted by atomic mass is 15.2. The third kappa shape index (κ3) is 21.0. The van der Waals surface area contributed by atoms with Gasteiger partial charge in [0.05, 0.1) is 0 Å². The molecule has 1 aliphatic heterocycles. The van der Waals surface area contributed by atoms with Gasteiger partial charge in [-0.2, -0.15) is 0 Å². The molecule has 0 aromatic heterocycles. The highest BCUT2D eigenvalue weighted by molar-refractivity contribution is 4.68. The molecular weight excluding hydrogens is 400 g/mol. The maximum Gasteiger partial charge on any atom is 0.0109 e. The van der Waals surface area contributed by atoms with Gasteiger partial charge in [0.15, 0.2) is 0 Å². The number of rotatable bonds is 25. The number of likely N-dealkylation sites (tertiary alicyclic amines) is 1. The fourth-order valence-electron chi connectivity index (χ4n) is 5.45. The molecule has 0 N–H and O–H groups in total. The van der Waals surface area contributed by atoms with Crippen LogP contribution in [0.25, 0.3) is 0 Å². The van der Waals surface area contributed by atoms with Gasteiger partial charge in [0, 0.05) is 13.1 Å². The van der Waals surface area contributed by atoms with E-state index in [1.807, 2.05) is 0 Å². The normalized spacial score (nSPS) is 15.0. The number of nitrogens with zero attached hydrogens (tertiary/aromatic N) is 2. The average Bonchev–Trinajstić information content (AvgIpc) is 2.85. The fraction of sp³-hybridized carbons (Fsp3) is 1.00. The van der Waals surface area contributed by atoms with Crippen LogP contribution in [0.4, 0.5) is 0 Å². The molecule has 0 aliphatic carbocycles. The zero-order chi connectivity index (χ0) is 23.7. The van der Waals surface area contributed by atoms with Crippen LogP contribution >= 0.6 is 0 Å². The Morgan fingerprint density at radius 1 is 0.424 bits per heavy atom. The van der Waals surface area contributed by atoms with Gasteiger partial charge in [-0.25, -0.2) is 0 Å². The van der Waals surface area contributed by atoms with E-state index in [0.717, 1.165) is 0 Å². The Balaban J connectivity index is 2.08. The van der Waals surface area contributed by atoms with E-state index in [1.165, 1.54) is 187 Å². The summed E-state index contributed by atoms with van der Waals surface area (Å²) >= 11 is 0. The molecule has 0 saturated carbocycles. The first-order chi connectivity index (χ1) is 16.4. The molecule has 0 aromatic rings. The summed E-state index contributed by atoms with van der Waals surface area (Å²) in [5.74, 6) is 0. The van der Waals surface area contributed by atoms with Crippen LogP contribution in [0.15, 0.2) is 0 Å². The number of hydrogen-bond acceptors (Lipinski definition) is 2. The molecule has 1 fully saturated rings. The summed E-state index contributed by atoms with van der Waals surface area (Å²) in [6.07, 6.45) is 33.3. The molecule has 198 valence electrons. The van der Waals surface area contributed by atoms with E-state index < -0.39 is 0 Å². The molecule has 0 atom stereocenters. The van der Waals surface area contributed by atoms with Gasteiger partial charge < -0.3 is 9.80 Å². The molecule has 2 heteroatoms. The molecule has 0 aromatic carbocycles. The minimum Gasteiger partial charge on any atom is -0.302 e. The Morgan fingerprint density at radius 3 is 1.18 bits per heavy atom. The van der Waals surface area contributed by atoms with Crippen molar-refractivity contribution in [3.05, 3.63) is 0 Å². The van der Waals surface area contributed by atoms with Crippen LogP contribution in [0.2, 0.25) is 0 Å². The van der Waals surface area contributed by atoms with E-state index in [2.05, 4.69) is 23.6 Å².